The minimum absolute atomic E-state index is 0.239. The van der Waals surface area contributed by atoms with Crippen molar-refractivity contribution in [1.82, 2.24) is 4.90 Å². The minimum Gasteiger partial charge on any atom is -0.377 e. The molecular weight excluding hydrogens is 336 g/mol. The van der Waals surface area contributed by atoms with E-state index in [0.29, 0.717) is 6.54 Å². The minimum atomic E-state index is 0.239. The Bertz CT molecular complexity index is 382. The van der Waals surface area contributed by atoms with Crippen LogP contribution in [0, 0.1) is 0 Å². The zero-order valence-electron chi connectivity index (χ0n) is 10.4. The number of nitrogens with zero attached hydrogens (tertiary/aromatic N) is 1. The van der Waals surface area contributed by atoms with Crippen LogP contribution in [0.25, 0.3) is 0 Å². The van der Waals surface area contributed by atoms with Gasteiger partial charge >= 0.3 is 0 Å². The van der Waals surface area contributed by atoms with E-state index in [1.807, 2.05) is 0 Å². The van der Waals surface area contributed by atoms with Gasteiger partial charge in [-0.1, -0.05) is 11.6 Å². The standard InChI is InChI=1S/C12H18BrClN2OS/c1-8-7-16(3-2-4-17-8)10(6-15)11-5-9(13)12(14)18-11/h5,8,10H,2-4,6-7,15H2,1H3. The first kappa shape index (κ1) is 14.8. The summed E-state index contributed by atoms with van der Waals surface area (Å²) in [6, 6.07) is 2.32. The van der Waals surface area contributed by atoms with Crippen LogP contribution in [-0.4, -0.2) is 37.2 Å². The highest BCUT2D eigenvalue weighted by atomic mass is 79.9. The smallest absolute Gasteiger partial charge is 0.107 e. The molecule has 18 heavy (non-hydrogen) atoms. The van der Waals surface area contributed by atoms with Crippen LogP contribution in [-0.2, 0) is 4.74 Å². The Hall–Kier alpha value is 0.350. The molecule has 0 aromatic carbocycles. The van der Waals surface area contributed by atoms with Gasteiger partial charge in [-0.25, -0.2) is 0 Å². The average molecular weight is 354 g/mol. The summed E-state index contributed by atoms with van der Waals surface area (Å²) in [5.41, 5.74) is 5.96. The summed E-state index contributed by atoms with van der Waals surface area (Å²) in [6.07, 6.45) is 1.32. The van der Waals surface area contributed by atoms with E-state index in [1.165, 1.54) is 4.88 Å². The topological polar surface area (TPSA) is 38.5 Å². The summed E-state index contributed by atoms with van der Waals surface area (Å²) in [5.74, 6) is 0. The molecule has 0 saturated carbocycles. The van der Waals surface area contributed by atoms with Gasteiger partial charge in [0.1, 0.15) is 4.34 Å². The maximum atomic E-state index is 6.12. The highest BCUT2D eigenvalue weighted by Gasteiger charge is 2.25. The molecule has 1 aromatic heterocycles. The van der Waals surface area contributed by atoms with E-state index in [9.17, 15) is 0 Å². The highest BCUT2D eigenvalue weighted by Crippen LogP contribution is 2.37. The second kappa shape index (κ2) is 6.68. The number of nitrogens with two attached hydrogens (primary N) is 1. The lowest BCUT2D eigenvalue weighted by molar-refractivity contribution is 0.0614. The quantitative estimate of drug-likeness (QED) is 0.906. The Balaban J connectivity index is 2.16. The molecule has 1 aliphatic rings. The second-order valence-electron chi connectivity index (χ2n) is 4.55. The van der Waals surface area contributed by atoms with Crippen molar-refractivity contribution in [1.29, 1.82) is 0 Å². The molecule has 2 unspecified atom stereocenters. The maximum Gasteiger partial charge on any atom is 0.107 e. The third-order valence-corrected chi connectivity index (χ3v) is 5.72. The van der Waals surface area contributed by atoms with Crippen LogP contribution in [0.1, 0.15) is 24.3 Å². The number of hydrogen-bond acceptors (Lipinski definition) is 4. The van der Waals surface area contributed by atoms with E-state index in [1.54, 1.807) is 11.3 Å². The predicted molar refractivity (Wildman–Crippen MR) is 80.4 cm³/mol. The van der Waals surface area contributed by atoms with Gasteiger partial charge in [-0.3, -0.25) is 4.90 Å². The first-order chi connectivity index (χ1) is 8.61. The predicted octanol–water partition coefficient (Wildman–Crippen LogP) is 3.27. The van der Waals surface area contributed by atoms with Crippen molar-refractivity contribution >= 4 is 38.9 Å². The molecule has 2 heterocycles. The van der Waals surface area contributed by atoms with Crippen LogP contribution in [0.2, 0.25) is 4.34 Å². The molecule has 2 rings (SSSR count). The summed E-state index contributed by atoms with van der Waals surface area (Å²) >= 11 is 11.2. The van der Waals surface area contributed by atoms with Gasteiger partial charge in [0.05, 0.1) is 12.1 Å². The Morgan fingerprint density at radius 3 is 3.11 bits per heavy atom. The van der Waals surface area contributed by atoms with Crippen LogP contribution in [0.5, 0.6) is 0 Å². The van der Waals surface area contributed by atoms with E-state index < -0.39 is 0 Å². The van der Waals surface area contributed by atoms with Crippen molar-refractivity contribution in [2.24, 2.45) is 5.73 Å². The molecule has 6 heteroatoms. The summed E-state index contributed by atoms with van der Waals surface area (Å²) < 4.78 is 7.43. The number of ether oxygens (including phenoxy) is 1. The summed E-state index contributed by atoms with van der Waals surface area (Å²) in [6.45, 7) is 5.51. The van der Waals surface area contributed by atoms with E-state index in [-0.39, 0.29) is 12.1 Å². The number of hydrogen-bond donors (Lipinski definition) is 1. The van der Waals surface area contributed by atoms with Crippen molar-refractivity contribution in [3.63, 3.8) is 0 Å². The fourth-order valence-corrected chi connectivity index (χ4v) is 4.17. The van der Waals surface area contributed by atoms with Crippen molar-refractivity contribution in [3.05, 3.63) is 19.8 Å². The van der Waals surface area contributed by atoms with Gasteiger partial charge in [-0.15, -0.1) is 11.3 Å². The molecule has 0 bridgehead atoms. The summed E-state index contributed by atoms with van der Waals surface area (Å²) in [4.78, 5) is 3.63. The molecule has 0 amide bonds. The number of thiophene rings is 1. The van der Waals surface area contributed by atoms with Crippen molar-refractivity contribution < 1.29 is 4.74 Å². The molecule has 1 aromatic rings. The molecule has 3 nitrogen and oxygen atoms in total. The van der Waals surface area contributed by atoms with Gasteiger partial charge in [0, 0.05) is 35.6 Å². The zero-order valence-corrected chi connectivity index (χ0v) is 13.5. The van der Waals surface area contributed by atoms with Crippen LogP contribution in [0.15, 0.2) is 10.5 Å². The molecule has 1 fully saturated rings. The van der Waals surface area contributed by atoms with Crippen LogP contribution >= 0.6 is 38.9 Å². The number of rotatable bonds is 3. The monoisotopic (exact) mass is 352 g/mol. The molecule has 2 atom stereocenters. The third kappa shape index (κ3) is 3.46. The second-order valence-corrected chi connectivity index (χ2v) is 7.09. The van der Waals surface area contributed by atoms with Crippen LogP contribution < -0.4 is 5.73 Å². The van der Waals surface area contributed by atoms with E-state index in [4.69, 9.17) is 22.1 Å². The summed E-state index contributed by atoms with van der Waals surface area (Å²) in [5, 5.41) is 0. The number of halogens is 2. The molecule has 1 aliphatic heterocycles. The Morgan fingerprint density at radius 1 is 1.72 bits per heavy atom. The van der Waals surface area contributed by atoms with E-state index in [2.05, 4.69) is 33.8 Å². The van der Waals surface area contributed by atoms with Crippen molar-refractivity contribution in [2.75, 3.05) is 26.2 Å². The van der Waals surface area contributed by atoms with Gasteiger partial charge in [0.25, 0.3) is 0 Å². The fraction of sp³-hybridized carbons (Fsp3) is 0.667. The normalized spacial score (nSPS) is 23.9. The highest BCUT2D eigenvalue weighted by molar-refractivity contribution is 9.10. The largest absolute Gasteiger partial charge is 0.377 e. The van der Waals surface area contributed by atoms with Crippen molar-refractivity contribution in [3.8, 4) is 0 Å². The van der Waals surface area contributed by atoms with Crippen LogP contribution in [0.3, 0.4) is 0 Å². The molecule has 2 N–H and O–H groups in total. The lowest BCUT2D eigenvalue weighted by Gasteiger charge is -2.29. The third-order valence-electron chi connectivity index (χ3n) is 3.14. The molecule has 0 radical (unpaired) electrons. The Kier molecular flexibility index (Phi) is 5.47. The van der Waals surface area contributed by atoms with Gasteiger partial charge in [-0.2, -0.15) is 0 Å². The van der Waals surface area contributed by atoms with Gasteiger partial charge in [0.15, 0.2) is 0 Å². The lowest BCUT2D eigenvalue weighted by Crippen LogP contribution is -2.37. The SMILES string of the molecule is CC1CN(C(CN)c2cc(Br)c(Cl)s2)CCCO1. The zero-order chi connectivity index (χ0) is 13.1. The Morgan fingerprint density at radius 2 is 2.50 bits per heavy atom. The van der Waals surface area contributed by atoms with Gasteiger partial charge < -0.3 is 10.5 Å². The average Bonchev–Trinajstić information content (AvgIpc) is 2.53. The fourth-order valence-electron chi connectivity index (χ4n) is 2.28. The molecule has 1 saturated heterocycles. The lowest BCUT2D eigenvalue weighted by atomic mass is 10.2. The van der Waals surface area contributed by atoms with E-state index in [0.717, 1.165) is 34.9 Å². The van der Waals surface area contributed by atoms with E-state index >= 15 is 0 Å². The summed E-state index contributed by atoms with van der Waals surface area (Å²) in [7, 11) is 0. The van der Waals surface area contributed by atoms with Crippen molar-refractivity contribution in [2.45, 2.75) is 25.5 Å². The van der Waals surface area contributed by atoms with Crippen LogP contribution in [0.4, 0.5) is 0 Å². The molecule has 102 valence electrons. The maximum absolute atomic E-state index is 6.12. The van der Waals surface area contributed by atoms with Gasteiger partial charge in [0.2, 0.25) is 0 Å². The first-order valence-corrected chi connectivity index (χ1v) is 8.11. The molecule has 0 aliphatic carbocycles. The van der Waals surface area contributed by atoms with Gasteiger partial charge in [-0.05, 0) is 35.3 Å². The first-order valence-electron chi connectivity index (χ1n) is 6.12. The Labute approximate surface area is 125 Å². The molecular formula is C12H18BrClN2OS. The molecule has 0 spiro atoms.